The Morgan fingerprint density at radius 1 is 1.50 bits per heavy atom. The second-order valence-corrected chi connectivity index (χ2v) is 4.46. The van der Waals surface area contributed by atoms with Crippen LogP contribution in [0, 0.1) is 6.92 Å². The maximum absolute atomic E-state index is 11.5. The van der Waals surface area contributed by atoms with Gasteiger partial charge in [-0.3, -0.25) is 4.18 Å². The highest BCUT2D eigenvalue weighted by atomic mass is 32.2. The summed E-state index contributed by atoms with van der Waals surface area (Å²) in [5.74, 6) is 0. The molecule has 1 aromatic carbocycles. The van der Waals surface area contributed by atoms with Crippen LogP contribution in [0.5, 0.6) is 0 Å². The number of hydrogen-bond donors (Lipinski definition) is 0. The SMILES string of the molecule is C=CCOS(=O)(=O)c1cccc(C)c1. The highest BCUT2D eigenvalue weighted by molar-refractivity contribution is 7.86. The van der Waals surface area contributed by atoms with Gasteiger partial charge in [0.25, 0.3) is 10.1 Å². The first-order valence-corrected chi connectivity index (χ1v) is 5.54. The van der Waals surface area contributed by atoms with Gasteiger partial charge >= 0.3 is 0 Å². The maximum atomic E-state index is 11.5. The van der Waals surface area contributed by atoms with Crippen molar-refractivity contribution in [3.05, 3.63) is 42.5 Å². The molecule has 3 nitrogen and oxygen atoms in total. The molecular formula is C10H12O3S. The summed E-state index contributed by atoms with van der Waals surface area (Å²) in [4.78, 5) is 0.180. The summed E-state index contributed by atoms with van der Waals surface area (Å²) < 4.78 is 27.6. The van der Waals surface area contributed by atoms with E-state index in [2.05, 4.69) is 10.8 Å². The third kappa shape index (κ3) is 2.68. The first-order chi connectivity index (χ1) is 6.56. The summed E-state index contributed by atoms with van der Waals surface area (Å²) in [6, 6.07) is 6.58. The fraction of sp³-hybridized carbons (Fsp3) is 0.200. The lowest BCUT2D eigenvalue weighted by Crippen LogP contribution is -2.06. The zero-order valence-corrected chi connectivity index (χ0v) is 8.75. The third-order valence-corrected chi connectivity index (χ3v) is 2.90. The molecule has 0 saturated carbocycles. The third-order valence-electron chi connectivity index (χ3n) is 1.62. The summed E-state index contributed by atoms with van der Waals surface area (Å²) in [5.41, 5.74) is 0.883. The van der Waals surface area contributed by atoms with Gasteiger partial charge in [0.1, 0.15) is 0 Å². The average Bonchev–Trinajstić information content (AvgIpc) is 2.15. The van der Waals surface area contributed by atoms with Gasteiger partial charge < -0.3 is 0 Å². The van der Waals surface area contributed by atoms with E-state index in [4.69, 9.17) is 0 Å². The Morgan fingerprint density at radius 3 is 2.79 bits per heavy atom. The van der Waals surface area contributed by atoms with Gasteiger partial charge in [-0.15, -0.1) is 6.58 Å². The van der Waals surface area contributed by atoms with Crippen molar-refractivity contribution in [1.29, 1.82) is 0 Å². The minimum atomic E-state index is -3.62. The Hall–Kier alpha value is -1.13. The largest absolute Gasteiger partial charge is 0.297 e. The van der Waals surface area contributed by atoms with E-state index >= 15 is 0 Å². The van der Waals surface area contributed by atoms with Gasteiger partial charge in [0.15, 0.2) is 0 Å². The molecule has 0 bridgehead atoms. The minimum Gasteiger partial charge on any atom is -0.262 e. The quantitative estimate of drug-likeness (QED) is 0.565. The summed E-state index contributed by atoms with van der Waals surface area (Å²) >= 11 is 0. The maximum Gasteiger partial charge on any atom is 0.297 e. The van der Waals surface area contributed by atoms with Crippen molar-refractivity contribution >= 4 is 10.1 Å². The van der Waals surface area contributed by atoms with Crippen LogP contribution in [0.3, 0.4) is 0 Å². The Bertz CT molecular complexity index is 421. The molecule has 0 aliphatic carbocycles. The van der Waals surface area contributed by atoms with E-state index in [-0.39, 0.29) is 11.5 Å². The standard InChI is InChI=1S/C10H12O3S/c1-3-7-13-14(11,12)10-6-4-5-9(2)8-10/h3-6,8H,1,7H2,2H3. The fourth-order valence-corrected chi connectivity index (χ4v) is 1.96. The smallest absolute Gasteiger partial charge is 0.262 e. The molecule has 0 heterocycles. The van der Waals surface area contributed by atoms with Gasteiger partial charge in [0.05, 0.1) is 11.5 Å². The van der Waals surface area contributed by atoms with Gasteiger partial charge in [-0.25, -0.2) is 0 Å². The molecule has 4 heteroatoms. The van der Waals surface area contributed by atoms with Crippen LogP contribution in [-0.2, 0) is 14.3 Å². The van der Waals surface area contributed by atoms with Gasteiger partial charge in [0.2, 0.25) is 0 Å². The van der Waals surface area contributed by atoms with Gasteiger partial charge in [-0.05, 0) is 24.6 Å². The van der Waals surface area contributed by atoms with E-state index in [1.807, 2.05) is 13.0 Å². The van der Waals surface area contributed by atoms with Crippen molar-refractivity contribution in [2.45, 2.75) is 11.8 Å². The van der Waals surface area contributed by atoms with Crippen LogP contribution < -0.4 is 0 Å². The molecule has 0 aliphatic rings. The molecule has 0 atom stereocenters. The molecule has 14 heavy (non-hydrogen) atoms. The van der Waals surface area contributed by atoms with Crippen molar-refractivity contribution in [2.24, 2.45) is 0 Å². The summed E-state index contributed by atoms with van der Waals surface area (Å²) in [5, 5.41) is 0. The average molecular weight is 212 g/mol. The van der Waals surface area contributed by atoms with Crippen molar-refractivity contribution in [2.75, 3.05) is 6.61 Å². The molecule has 76 valence electrons. The molecule has 0 fully saturated rings. The van der Waals surface area contributed by atoms with E-state index < -0.39 is 10.1 Å². The molecule has 0 radical (unpaired) electrons. The topological polar surface area (TPSA) is 43.4 Å². The number of aryl methyl sites for hydroxylation is 1. The zero-order chi connectivity index (χ0) is 10.6. The van der Waals surface area contributed by atoms with Gasteiger partial charge in [0, 0.05) is 0 Å². The second kappa shape index (κ2) is 4.39. The van der Waals surface area contributed by atoms with Crippen LogP contribution >= 0.6 is 0 Å². The summed E-state index contributed by atoms with van der Waals surface area (Å²) in [6.07, 6.45) is 1.40. The normalized spacial score (nSPS) is 11.2. The Balaban J connectivity index is 2.98. The molecule has 0 amide bonds. The Morgan fingerprint density at radius 2 is 2.21 bits per heavy atom. The van der Waals surface area contributed by atoms with Crippen molar-refractivity contribution in [1.82, 2.24) is 0 Å². The van der Waals surface area contributed by atoms with E-state index in [1.165, 1.54) is 12.1 Å². The first kappa shape index (κ1) is 10.9. The summed E-state index contributed by atoms with van der Waals surface area (Å²) in [7, 11) is -3.62. The highest BCUT2D eigenvalue weighted by Crippen LogP contribution is 2.13. The van der Waals surface area contributed by atoms with Crippen LogP contribution in [0.1, 0.15) is 5.56 Å². The molecule has 0 aliphatic heterocycles. The van der Waals surface area contributed by atoms with Crippen LogP contribution in [0.4, 0.5) is 0 Å². The molecule has 0 N–H and O–H groups in total. The van der Waals surface area contributed by atoms with Gasteiger partial charge in [-0.1, -0.05) is 18.2 Å². The summed E-state index contributed by atoms with van der Waals surface area (Å²) in [6.45, 7) is 5.21. The number of benzene rings is 1. The predicted octanol–water partition coefficient (Wildman–Crippen LogP) is 1.89. The molecule has 1 aromatic rings. The zero-order valence-electron chi connectivity index (χ0n) is 7.93. The van der Waals surface area contributed by atoms with Crippen molar-refractivity contribution in [3.8, 4) is 0 Å². The predicted molar refractivity (Wildman–Crippen MR) is 54.5 cm³/mol. The van der Waals surface area contributed by atoms with Crippen molar-refractivity contribution in [3.63, 3.8) is 0 Å². The molecule has 1 rings (SSSR count). The van der Waals surface area contributed by atoms with Crippen LogP contribution in [0.2, 0.25) is 0 Å². The number of hydrogen-bond acceptors (Lipinski definition) is 3. The molecule has 0 unspecified atom stereocenters. The molecule has 0 spiro atoms. The van der Waals surface area contributed by atoms with E-state index in [9.17, 15) is 8.42 Å². The molecular weight excluding hydrogens is 200 g/mol. The second-order valence-electron chi connectivity index (χ2n) is 2.84. The molecule has 0 saturated heterocycles. The van der Waals surface area contributed by atoms with E-state index in [0.717, 1.165) is 5.56 Å². The van der Waals surface area contributed by atoms with Crippen molar-refractivity contribution < 1.29 is 12.6 Å². The Kier molecular flexibility index (Phi) is 3.43. The first-order valence-electron chi connectivity index (χ1n) is 4.13. The lowest BCUT2D eigenvalue weighted by molar-refractivity contribution is 0.357. The van der Waals surface area contributed by atoms with Crippen LogP contribution in [0.25, 0.3) is 0 Å². The van der Waals surface area contributed by atoms with Crippen LogP contribution in [0.15, 0.2) is 41.8 Å². The number of rotatable bonds is 4. The van der Waals surface area contributed by atoms with E-state index in [1.54, 1.807) is 12.1 Å². The fourth-order valence-electron chi connectivity index (χ4n) is 0.977. The molecule has 0 aromatic heterocycles. The minimum absolute atomic E-state index is 0.00370. The lowest BCUT2D eigenvalue weighted by atomic mass is 10.2. The van der Waals surface area contributed by atoms with E-state index in [0.29, 0.717) is 0 Å². The highest BCUT2D eigenvalue weighted by Gasteiger charge is 2.13. The lowest BCUT2D eigenvalue weighted by Gasteiger charge is -2.03. The van der Waals surface area contributed by atoms with Gasteiger partial charge in [-0.2, -0.15) is 8.42 Å². The Labute approximate surface area is 84.1 Å². The van der Waals surface area contributed by atoms with Crippen LogP contribution in [-0.4, -0.2) is 15.0 Å². The monoisotopic (exact) mass is 212 g/mol.